The average molecular weight is 413 g/mol. The predicted octanol–water partition coefficient (Wildman–Crippen LogP) is 3.92. The van der Waals surface area contributed by atoms with Crippen molar-refractivity contribution in [2.45, 2.75) is 13.0 Å². The first kappa shape index (κ1) is 16.8. The van der Waals surface area contributed by atoms with Crippen LogP contribution in [0.15, 0.2) is 46.9 Å². The molecule has 0 spiro atoms. The highest BCUT2D eigenvalue weighted by molar-refractivity contribution is 9.10. The van der Waals surface area contributed by atoms with Crippen molar-refractivity contribution < 1.29 is 14.3 Å². The van der Waals surface area contributed by atoms with Crippen molar-refractivity contribution in [1.82, 2.24) is 9.88 Å². The van der Waals surface area contributed by atoms with Crippen LogP contribution < -0.4 is 0 Å². The van der Waals surface area contributed by atoms with Gasteiger partial charge in [-0.15, -0.1) is 0 Å². The maximum absolute atomic E-state index is 12.9. The van der Waals surface area contributed by atoms with Gasteiger partial charge in [0, 0.05) is 51.7 Å². The summed E-state index contributed by atoms with van der Waals surface area (Å²) in [6.07, 6.45) is 0.761. The van der Waals surface area contributed by atoms with Gasteiger partial charge in [0.2, 0.25) is 0 Å². The van der Waals surface area contributed by atoms with Gasteiger partial charge in [0.1, 0.15) is 0 Å². The average Bonchev–Trinajstić information content (AvgIpc) is 3.03. The summed E-state index contributed by atoms with van der Waals surface area (Å²) in [4.78, 5) is 30.0. The fraction of sp³-hybridized carbons (Fsp3) is 0.200. The van der Waals surface area contributed by atoms with Gasteiger partial charge in [0.15, 0.2) is 0 Å². The molecule has 1 aliphatic rings. The van der Waals surface area contributed by atoms with Gasteiger partial charge in [0.05, 0.1) is 12.7 Å². The lowest BCUT2D eigenvalue weighted by molar-refractivity contribution is 0.0600. The van der Waals surface area contributed by atoms with Gasteiger partial charge in [-0.25, -0.2) is 4.79 Å². The number of aromatic amines is 1. The summed E-state index contributed by atoms with van der Waals surface area (Å²) in [7, 11) is 1.37. The molecule has 1 aliphatic heterocycles. The number of nitrogens with one attached hydrogen (secondary N) is 1. The SMILES string of the molecule is COC(=O)c1ccc2[nH]c3c(c2c1)CN(C(=O)c1cccc(Br)c1)CC3. The maximum atomic E-state index is 12.9. The maximum Gasteiger partial charge on any atom is 0.337 e. The first-order chi connectivity index (χ1) is 12.6. The van der Waals surface area contributed by atoms with E-state index in [4.69, 9.17) is 4.74 Å². The second-order valence-corrected chi connectivity index (χ2v) is 7.24. The number of methoxy groups -OCH3 is 1. The molecule has 1 N–H and O–H groups in total. The molecule has 0 atom stereocenters. The summed E-state index contributed by atoms with van der Waals surface area (Å²) in [6, 6.07) is 12.9. The summed E-state index contributed by atoms with van der Waals surface area (Å²) in [5.74, 6) is -0.352. The minimum absolute atomic E-state index is 0.00965. The second-order valence-electron chi connectivity index (χ2n) is 6.32. The Balaban J connectivity index is 1.69. The van der Waals surface area contributed by atoms with Crippen molar-refractivity contribution in [3.63, 3.8) is 0 Å². The van der Waals surface area contributed by atoms with Crippen LogP contribution in [-0.4, -0.2) is 35.4 Å². The van der Waals surface area contributed by atoms with E-state index in [1.165, 1.54) is 7.11 Å². The lowest BCUT2D eigenvalue weighted by atomic mass is 10.0. The van der Waals surface area contributed by atoms with E-state index in [1.807, 2.05) is 41.3 Å². The van der Waals surface area contributed by atoms with Crippen LogP contribution in [0.3, 0.4) is 0 Å². The molecule has 4 rings (SSSR count). The van der Waals surface area contributed by atoms with E-state index in [2.05, 4.69) is 20.9 Å². The number of carbonyl (C=O) groups is 2. The van der Waals surface area contributed by atoms with E-state index >= 15 is 0 Å². The van der Waals surface area contributed by atoms with Crippen LogP contribution >= 0.6 is 15.9 Å². The van der Waals surface area contributed by atoms with Gasteiger partial charge in [-0.1, -0.05) is 22.0 Å². The van der Waals surface area contributed by atoms with E-state index in [1.54, 1.807) is 6.07 Å². The quantitative estimate of drug-likeness (QED) is 0.648. The lowest BCUT2D eigenvalue weighted by Crippen LogP contribution is -2.35. The molecule has 1 aromatic heterocycles. The van der Waals surface area contributed by atoms with E-state index in [9.17, 15) is 9.59 Å². The highest BCUT2D eigenvalue weighted by Crippen LogP contribution is 2.29. The Morgan fingerprint density at radius 2 is 2.00 bits per heavy atom. The molecule has 5 nitrogen and oxygen atoms in total. The molecule has 1 amide bonds. The number of rotatable bonds is 2. The normalized spacial score (nSPS) is 13.5. The number of nitrogens with zero attached hydrogens (tertiary/aromatic N) is 1. The van der Waals surface area contributed by atoms with Gasteiger partial charge in [-0.05, 0) is 36.4 Å². The molecule has 0 fully saturated rings. The minimum atomic E-state index is -0.361. The molecule has 132 valence electrons. The number of H-pyrrole nitrogens is 1. The largest absolute Gasteiger partial charge is 0.465 e. The van der Waals surface area contributed by atoms with Crippen LogP contribution in [-0.2, 0) is 17.7 Å². The topological polar surface area (TPSA) is 62.4 Å². The van der Waals surface area contributed by atoms with E-state index < -0.39 is 0 Å². The van der Waals surface area contributed by atoms with Crippen LogP contribution in [0.5, 0.6) is 0 Å². The molecular formula is C20H17BrN2O3. The summed E-state index contributed by atoms with van der Waals surface area (Å²) >= 11 is 3.42. The first-order valence-corrected chi connectivity index (χ1v) is 9.13. The number of hydrogen-bond acceptors (Lipinski definition) is 3. The number of carbonyl (C=O) groups excluding carboxylic acids is 2. The van der Waals surface area contributed by atoms with Gasteiger partial charge in [0.25, 0.3) is 5.91 Å². The number of benzene rings is 2. The molecule has 0 saturated heterocycles. The molecule has 2 aromatic carbocycles. The molecule has 6 heteroatoms. The number of fused-ring (bicyclic) bond motifs is 3. The van der Waals surface area contributed by atoms with Crippen LogP contribution in [0.2, 0.25) is 0 Å². The highest BCUT2D eigenvalue weighted by Gasteiger charge is 2.25. The van der Waals surface area contributed by atoms with Gasteiger partial charge >= 0.3 is 5.97 Å². The third kappa shape index (κ3) is 2.90. The number of hydrogen-bond donors (Lipinski definition) is 1. The molecule has 0 aliphatic carbocycles. The third-order valence-electron chi connectivity index (χ3n) is 4.76. The zero-order chi connectivity index (χ0) is 18.3. The Morgan fingerprint density at radius 1 is 1.15 bits per heavy atom. The zero-order valence-corrected chi connectivity index (χ0v) is 15.8. The van der Waals surface area contributed by atoms with Gasteiger partial charge in [-0.3, -0.25) is 4.79 Å². The van der Waals surface area contributed by atoms with Crippen molar-refractivity contribution in [1.29, 1.82) is 0 Å². The second kappa shape index (κ2) is 6.61. The number of amides is 1. The predicted molar refractivity (Wildman–Crippen MR) is 102 cm³/mol. The highest BCUT2D eigenvalue weighted by atomic mass is 79.9. The van der Waals surface area contributed by atoms with Crippen molar-refractivity contribution in [3.05, 3.63) is 69.3 Å². The Labute approximate surface area is 159 Å². The van der Waals surface area contributed by atoms with Crippen LogP contribution in [0.25, 0.3) is 10.9 Å². The third-order valence-corrected chi connectivity index (χ3v) is 5.25. The number of esters is 1. The van der Waals surface area contributed by atoms with Crippen LogP contribution in [0.1, 0.15) is 32.0 Å². The molecular weight excluding hydrogens is 396 g/mol. The minimum Gasteiger partial charge on any atom is -0.465 e. The summed E-state index contributed by atoms with van der Waals surface area (Å²) < 4.78 is 5.70. The Kier molecular flexibility index (Phi) is 4.28. The molecule has 3 aromatic rings. The smallest absolute Gasteiger partial charge is 0.337 e. The number of ether oxygens (including phenoxy) is 1. The number of halogens is 1. The monoisotopic (exact) mass is 412 g/mol. The fourth-order valence-corrected chi connectivity index (χ4v) is 3.84. The molecule has 0 unspecified atom stereocenters. The van der Waals surface area contributed by atoms with Crippen LogP contribution in [0.4, 0.5) is 0 Å². The van der Waals surface area contributed by atoms with Crippen molar-refractivity contribution in [2.24, 2.45) is 0 Å². The van der Waals surface area contributed by atoms with Crippen LogP contribution in [0, 0.1) is 0 Å². The molecule has 2 heterocycles. The van der Waals surface area contributed by atoms with Gasteiger partial charge in [-0.2, -0.15) is 0 Å². The zero-order valence-electron chi connectivity index (χ0n) is 14.2. The van der Waals surface area contributed by atoms with Crippen molar-refractivity contribution >= 4 is 38.7 Å². The molecule has 26 heavy (non-hydrogen) atoms. The van der Waals surface area contributed by atoms with E-state index in [-0.39, 0.29) is 11.9 Å². The summed E-state index contributed by atoms with van der Waals surface area (Å²) in [5.41, 5.74) is 4.34. The summed E-state index contributed by atoms with van der Waals surface area (Å²) in [5, 5.41) is 0.967. The molecule has 0 radical (unpaired) electrons. The van der Waals surface area contributed by atoms with Crippen molar-refractivity contribution in [2.75, 3.05) is 13.7 Å². The Hall–Kier alpha value is -2.60. The Morgan fingerprint density at radius 3 is 2.77 bits per heavy atom. The van der Waals surface area contributed by atoms with E-state index in [0.29, 0.717) is 24.2 Å². The number of aromatic nitrogens is 1. The summed E-state index contributed by atoms with van der Waals surface area (Å²) in [6.45, 7) is 1.18. The van der Waals surface area contributed by atoms with Gasteiger partial charge < -0.3 is 14.6 Å². The molecule has 0 saturated carbocycles. The van der Waals surface area contributed by atoms with E-state index in [0.717, 1.165) is 33.1 Å². The Bertz CT molecular complexity index is 1030. The first-order valence-electron chi connectivity index (χ1n) is 8.33. The lowest BCUT2D eigenvalue weighted by Gasteiger charge is -2.27. The standard InChI is InChI=1S/C20H17BrN2O3/c1-26-20(25)13-5-6-17-15(10-13)16-11-23(8-7-18(16)22-17)19(24)12-3-2-4-14(21)9-12/h2-6,9-10,22H,7-8,11H2,1H3. The van der Waals surface area contributed by atoms with Crippen molar-refractivity contribution in [3.8, 4) is 0 Å². The molecule has 0 bridgehead atoms. The fourth-order valence-electron chi connectivity index (χ4n) is 3.44.